The highest BCUT2D eigenvalue weighted by molar-refractivity contribution is 6.35. The Morgan fingerprint density at radius 2 is 2.00 bits per heavy atom. The molecule has 11 nitrogen and oxygen atoms in total. The van der Waals surface area contributed by atoms with E-state index in [1.807, 2.05) is 0 Å². The van der Waals surface area contributed by atoms with Crippen LogP contribution in [0.15, 0.2) is 52.2 Å². The predicted octanol–water partition coefficient (Wildman–Crippen LogP) is 3.19. The number of anilines is 1. The lowest BCUT2D eigenvalue weighted by molar-refractivity contribution is 0.0946. The number of ether oxygens (including phenoxy) is 1. The predicted molar refractivity (Wildman–Crippen MR) is 121 cm³/mol. The van der Waals surface area contributed by atoms with Crippen molar-refractivity contribution in [2.75, 3.05) is 5.73 Å². The van der Waals surface area contributed by atoms with Crippen molar-refractivity contribution in [3.8, 4) is 11.6 Å². The average Bonchev–Trinajstić information content (AvgIpc) is 3.38. The normalized spacial score (nSPS) is 11.1. The van der Waals surface area contributed by atoms with Gasteiger partial charge in [-0.3, -0.25) is 4.79 Å². The maximum Gasteiger partial charge on any atom is 0.292 e. The molecule has 13 heteroatoms. The number of nitrogens with one attached hydrogen (secondary N) is 1. The summed E-state index contributed by atoms with van der Waals surface area (Å²) in [6.07, 6.45) is 1.46. The van der Waals surface area contributed by atoms with E-state index in [2.05, 4.69) is 35.8 Å². The molecule has 3 N–H and O–H groups in total. The smallest absolute Gasteiger partial charge is 0.292 e. The zero-order valence-electron chi connectivity index (χ0n) is 17.1. The van der Waals surface area contributed by atoms with Gasteiger partial charge in [-0.15, -0.1) is 5.10 Å². The molecule has 4 rings (SSSR count). The van der Waals surface area contributed by atoms with Crippen LogP contribution in [0.4, 0.5) is 5.82 Å². The van der Waals surface area contributed by atoms with Gasteiger partial charge in [-0.2, -0.15) is 9.78 Å². The molecule has 2 heterocycles. The van der Waals surface area contributed by atoms with E-state index in [1.165, 1.54) is 6.21 Å². The van der Waals surface area contributed by atoms with E-state index in [-0.39, 0.29) is 23.9 Å². The van der Waals surface area contributed by atoms with Crippen LogP contribution in [0.1, 0.15) is 27.3 Å². The Hall–Kier alpha value is -3.96. The van der Waals surface area contributed by atoms with E-state index in [9.17, 15) is 4.79 Å². The third-order valence-electron chi connectivity index (χ3n) is 4.43. The lowest BCUT2D eigenvalue weighted by Gasteiger charge is -2.09. The molecule has 0 saturated heterocycles. The quantitative estimate of drug-likeness (QED) is 0.299. The maximum absolute atomic E-state index is 12.6. The van der Waals surface area contributed by atoms with Gasteiger partial charge in [-0.05, 0) is 47.1 Å². The SMILES string of the molecule is Cc1nnn(-c2nonc2N)c1C(=O)N/N=C\c1cccc(OCc2c(Cl)cccc2Cl)c1. The topological polar surface area (TPSA) is 146 Å². The van der Waals surface area contributed by atoms with Crippen LogP contribution < -0.4 is 15.9 Å². The summed E-state index contributed by atoms with van der Waals surface area (Å²) in [6.45, 7) is 1.81. The van der Waals surface area contributed by atoms with Crippen molar-refractivity contribution in [2.24, 2.45) is 5.10 Å². The van der Waals surface area contributed by atoms with Crippen LogP contribution >= 0.6 is 23.2 Å². The fourth-order valence-electron chi connectivity index (χ4n) is 2.83. The van der Waals surface area contributed by atoms with Gasteiger partial charge in [0.05, 0.1) is 11.9 Å². The maximum atomic E-state index is 12.6. The number of halogens is 2. The number of nitrogens with two attached hydrogens (primary N) is 1. The summed E-state index contributed by atoms with van der Waals surface area (Å²) < 4.78 is 11.5. The fourth-order valence-corrected chi connectivity index (χ4v) is 3.34. The summed E-state index contributed by atoms with van der Waals surface area (Å²) in [4.78, 5) is 12.6. The highest BCUT2D eigenvalue weighted by atomic mass is 35.5. The first-order valence-corrected chi connectivity index (χ1v) is 10.2. The Kier molecular flexibility index (Phi) is 6.52. The van der Waals surface area contributed by atoms with E-state index < -0.39 is 5.91 Å². The number of nitrogen functional groups attached to an aromatic ring is 1. The number of carbonyl (C=O) groups excluding carboxylic acids is 1. The van der Waals surface area contributed by atoms with Crippen LogP contribution in [-0.2, 0) is 6.61 Å². The third-order valence-corrected chi connectivity index (χ3v) is 5.14. The molecule has 0 atom stereocenters. The van der Waals surface area contributed by atoms with Crippen LogP contribution in [0, 0.1) is 6.92 Å². The van der Waals surface area contributed by atoms with Crippen molar-refractivity contribution < 1.29 is 14.2 Å². The summed E-state index contributed by atoms with van der Waals surface area (Å²) in [5.41, 5.74) is 9.91. The molecule has 0 fully saturated rings. The van der Waals surface area contributed by atoms with Gasteiger partial charge in [0.15, 0.2) is 5.69 Å². The van der Waals surface area contributed by atoms with Crippen LogP contribution in [0.3, 0.4) is 0 Å². The molecule has 0 aliphatic rings. The number of carbonyl (C=O) groups is 1. The minimum absolute atomic E-state index is 0.0349. The van der Waals surface area contributed by atoms with Crippen molar-refractivity contribution in [3.05, 3.63) is 75.0 Å². The highest BCUT2D eigenvalue weighted by Crippen LogP contribution is 2.26. The van der Waals surface area contributed by atoms with Crippen molar-refractivity contribution in [1.29, 1.82) is 0 Å². The molecule has 0 spiro atoms. The minimum atomic E-state index is -0.572. The average molecular weight is 487 g/mol. The zero-order valence-corrected chi connectivity index (χ0v) is 18.6. The molecule has 4 aromatic rings. The Bertz CT molecular complexity index is 1310. The molecule has 0 bridgehead atoms. The Balaban J connectivity index is 1.43. The van der Waals surface area contributed by atoms with E-state index in [0.29, 0.717) is 32.6 Å². The number of benzene rings is 2. The molecule has 0 radical (unpaired) electrons. The number of aromatic nitrogens is 5. The second-order valence-corrected chi connectivity index (χ2v) is 7.48. The molecular weight excluding hydrogens is 471 g/mol. The molecule has 2 aromatic heterocycles. The molecule has 168 valence electrons. The van der Waals surface area contributed by atoms with Crippen LogP contribution in [0.5, 0.6) is 5.75 Å². The second-order valence-electron chi connectivity index (χ2n) is 6.67. The van der Waals surface area contributed by atoms with E-state index in [1.54, 1.807) is 49.4 Å². The van der Waals surface area contributed by atoms with Gasteiger partial charge in [0, 0.05) is 15.6 Å². The number of rotatable bonds is 7. The number of hydrogen-bond acceptors (Lipinski definition) is 9. The number of aryl methyl sites for hydroxylation is 1. The first kappa shape index (κ1) is 22.2. The number of nitrogens with zero attached hydrogens (tertiary/aromatic N) is 6. The Morgan fingerprint density at radius 3 is 2.73 bits per heavy atom. The van der Waals surface area contributed by atoms with Crippen LogP contribution in [0.25, 0.3) is 5.82 Å². The highest BCUT2D eigenvalue weighted by Gasteiger charge is 2.22. The molecule has 0 saturated carbocycles. The minimum Gasteiger partial charge on any atom is -0.489 e. The lowest BCUT2D eigenvalue weighted by Crippen LogP contribution is -2.22. The Morgan fingerprint density at radius 1 is 1.24 bits per heavy atom. The summed E-state index contributed by atoms with van der Waals surface area (Å²) >= 11 is 12.3. The largest absolute Gasteiger partial charge is 0.489 e. The fraction of sp³-hybridized carbons (Fsp3) is 0.100. The number of hydrazone groups is 1. The van der Waals surface area contributed by atoms with Crippen molar-refractivity contribution in [1.82, 2.24) is 30.7 Å². The van der Waals surface area contributed by atoms with Gasteiger partial charge in [-0.1, -0.05) is 46.6 Å². The summed E-state index contributed by atoms with van der Waals surface area (Å²) in [7, 11) is 0. The molecule has 0 unspecified atom stereocenters. The molecule has 2 aromatic carbocycles. The molecular formula is C20H16Cl2N8O3. The van der Waals surface area contributed by atoms with Gasteiger partial charge >= 0.3 is 0 Å². The number of amides is 1. The van der Waals surface area contributed by atoms with Gasteiger partial charge in [-0.25, -0.2) is 10.1 Å². The zero-order chi connectivity index (χ0) is 23.4. The molecule has 0 aliphatic heterocycles. The second kappa shape index (κ2) is 9.67. The molecule has 33 heavy (non-hydrogen) atoms. The summed E-state index contributed by atoms with van der Waals surface area (Å²) in [6, 6.07) is 12.4. The lowest BCUT2D eigenvalue weighted by atomic mass is 10.2. The van der Waals surface area contributed by atoms with Crippen molar-refractivity contribution >= 4 is 41.1 Å². The standard InChI is InChI=1S/C20H16Cl2N8O3/c1-11-17(30(29-25-11)19-18(23)27-33-28-19)20(31)26-24-9-12-4-2-5-13(8-12)32-10-14-15(21)6-3-7-16(14)22/h2-9H,10H2,1H3,(H2,23,27)(H,26,31)/b24-9-. The Labute approximate surface area is 197 Å². The van der Waals surface area contributed by atoms with E-state index in [0.717, 1.165) is 4.68 Å². The van der Waals surface area contributed by atoms with Crippen LogP contribution in [0.2, 0.25) is 10.0 Å². The monoisotopic (exact) mass is 486 g/mol. The van der Waals surface area contributed by atoms with Gasteiger partial charge in [0.1, 0.15) is 12.4 Å². The first-order chi connectivity index (χ1) is 15.9. The summed E-state index contributed by atoms with van der Waals surface area (Å²) in [5.74, 6) is 0.0193. The van der Waals surface area contributed by atoms with E-state index in [4.69, 9.17) is 33.7 Å². The third kappa shape index (κ3) is 4.94. The first-order valence-electron chi connectivity index (χ1n) is 9.44. The number of hydrogen-bond donors (Lipinski definition) is 2. The van der Waals surface area contributed by atoms with Crippen molar-refractivity contribution in [3.63, 3.8) is 0 Å². The summed E-state index contributed by atoms with van der Waals surface area (Å²) in [5, 5.41) is 19.9. The van der Waals surface area contributed by atoms with Gasteiger partial charge in [0.25, 0.3) is 5.91 Å². The molecule has 1 amide bonds. The molecule has 0 aliphatic carbocycles. The van der Waals surface area contributed by atoms with E-state index >= 15 is 0 Å². The van der Waals surface area contributed by atoms with Crippen molar-refractivity contribution in [2.45, 2.75) is 13.5 Å². The van der Waals surface area contributed by atoms with Crippen LogP contribution in [-0.4, -0.2) is 37.4 Å². The van der Waals surface area contributed by atoms with Gasteiger partial charge < -0.3 is 10.5 Å². The van der Waals surface area contributed by atoms with Gasteiger partial charge in [0.2, 0.25) is 11.6 Å².